The van der Waals surface area contributed by atoms with Crippen LogP contribution in [0.2, 0.25) is 0 Å². The fourth-order valence-corrected chi connectivity index (χ4v) is 2.60. The predicted octanol–water partition coefficient (Wildman–Crippen LogP) is 3.21. The van der Waals surface area contributed by atoms with Crippen molar-refractivity contribution in [2.45, 2.75) is 6.42 Å². The molecule has 1 heterocycles. The summed E-state index contributed by atoms with van der Waals surface area (Å²) in [7, 11) is 0. The molecule has 0 radical (unpaired) electrons. The number of hydrogen-bond acceptors (Lipinski definition) is 3. The molecule has 2 N–H and O–H groups in total. The number of amides is 2. The standard InChI is InChI=1S/C17H14BrN3O2/c18-12-5-4-6-13(11-12)19-17(23)15-9-10-16(22)21(20-15)14-7-2-1-3-8-14/h1-9,11,20H,10H2,(H,19,23). The van der Waals surface area contributed by atoms with Crippen LogP contribution in [0.25, 0.3) is 0 Å². The Kier molecular flexibility index (Phi) is 4.43. The van der Waals surface area contributed by atoms with E-state index >= 15 is 0 Å². The number of carbonyl (C=O) groups excluding carboxylic acids is 2. The first-order valence-corrected chi connectivity index (χ1v) is 7.84. The van der Waals surface area contributed by atoms with Gasteiger partial charge in [-0.25, -0.2) is 5.01 Å². The van der Waals surface area contributed by atoms with Gasteiger partial charge in [-0.05, 0) is 36.4 Å². The summed E-state index contributed by atoms with van der Waals surface area (Å²) in [6.07, 6.45) is 1.76. The molecule has 2 amide bonds. The molecule has 1 aliphatic heterocycles. The summed E-state index contributed by atoms with van der Waals surface area (Å²) in [5, 5.41) is 4.19. The normalized spacial score (nSPS) is 14.0. The van der Waals surface area contributed by atoms with E-state index in [1.54, 1.807) is 30.3 Å². The molecule has 0 aliphatic carbocycles. The van der Waals surface area contributed by atoms with E-state index in [0.717, 1.165) is 4.47 Å². The molecule has 1 aliphatic rings. The van der Waals surface area contributed by atoms with E-state index in [1.807, 2.05) is 30.3 Å². The van der Waals surface area contributed by atoms with Crippen molar-refractivity contribution >= 4 is 39.1 Å². The Bertz CT molecular complexity index is 774. The molecule has 0 atom stereocenters. The smallest absolute Gasteiger partial charge is 0.273 e. The van der Waals surface area contributed by atoms with Gasteiger partial charge in [0, 0.05) is 16.6 Å². The van der Waals surface area contributed by atoms with Gasteiger partial charge in [0.05, 0.1) is 5.69 Å². The van der Waals surface area contributed by atoms with E-state index in [0.29, 0.717) is 17.1 Å². The summed E-state index contributed by atoms with van der Waals surface area (Å²) in [6.45, 7) is 0. The minimum atomic E-state index is -0.295. The molecule has 0 saturated carbocycles. The Hall–Kier alpha value is -2.60. The van der Waals surface area contributed by atoms with E-state index in [-0.39, 0.29) is 18.2 Å². The van der Waals surface area contributed by atoms with Crippen LogP contribution in [0, 0.1) is 0 Å². The van der Waals surface area contributed by atoms with E-state index in [4.69, 9.17) is 0 Å². The summed E-state index contributed by atoms with van der Waals surface area (Å²) >= 11 is 3.36. The molecular weight excluding hydrogens is 358 g/mol. The van der Waals surface area contributed by atoms with Crippen molar-refractivity contribution in [3.63, 3.8) is 0 Å². The average Bonchev–Trinajstić information content (AvgIpc) is 2.56. The number of nitrogens with zero attached hydrogens (tertiary/aromatic N) is 1. The van der Waals surface area contributed by atoms with Crippen molar-refractivity contribution < 1.29 is 9.59 Å². The van der Waals surface area contributed by atoms with E-state index < -0.39 is 0 Å². The number of benzene rings is 2. The molecule has 0 bridgehead atoms. The van der Waals surface area contributed by atoms with Crippen LogP contribution in [0.4, 0.5) is 11.4 Å². The lowest BCUT2D eigenvalue weighted by atomic mass is 10.2. The van der Waals surface area contributed by atoms with Gasteiger partial charge in [0.25, 0.3) is 5.91 Å². The van der Waals surface area contributed by atoms with Gasteiger partial charge >= 0.3 is 0 Å². The Morgan fingerprint density at radius 2 is 1.91 bits per heavy atom. The summed E-state index contributed by atoms with van der Waals surface area (Å²) < 4.78 is 0.877. The minimum absolute atomic E-state index is 0.116. The van der Waals surface area contributed by atoms with Gasteiger partial charge in [-0.3, -0.25) is 15.0 Å². The van der Waals surface area contributed by atoms with E-state index in [9.17, 15) is 9.59 Å². The molecular formula is C17H14BrN3O2. The second-order valence-electron chi connectivity index (χ2n) is 4.96. The van der Waals surface area contributed by atoms with Crippen LogP contribution in [0.15, 0.2) is 70.8 Å². The number of hydrogen-bond donors (Lipinski definition) is 2. The van der Waals surface area contributed by atoms with Crippen molar-refractivity contribution in [3.8, 4) is 0 Å². The molecule has 0 aromatic heterocycles. The highest BCUT2D eigenvalue weighted by atomic mass is 79.9. The SMILES string of the molecule is O=C(Nc1cccc(Br)c1)C1=CCC(=O)N(c2ccccc2)N1. The van der Waals surface area contributed by atoms with Crippen LogP contribution in [0.5, 0.6) is 0 Å². The monoisotopic (exact) mass is 371 g/mol. The third-order valence-electron chi connectivity index (χ3n) is 3.30. The van der Waals surface area contributed by atoms with Crippen LogP contribution >= 0.6 is 15.9 Å². The Balaban J connectivity index is 1.75. The third kappa shape index (κ3) is 3.60. The van der Waals surface area contributed by atoms with Crippen molar-refractivity contribution in [1.29, 1.82) is 0 Å². The molecule has 0 spiro atoms. The zero-order valence-electron chi connectivity index (χ0n) is 12.1. The molecule has 23 heavy (non-hydrogen) atoms. The molecule has 3 rings (SSSR count). The van der Waals surface area contributed by atoms with Crippen molar-refractivity contribution in [3.05, 3.63) is 70.8 Å². The lowest BCUT2D eigenvalue weighted by molar-refractivity contribution is -0.119. The quantitative estimate of drug-likeness (QED) is 0.870. The van der Waals surface area contributed by atoms with Crippen LogP contribution < -0.4 is 15.8 Å². The topological polar surface area (TPSA) is 61.4 Å². The number of para-hydroxylation sites is 1. The average molecular weight is 372 g/mol. The number of rotatable bonds is 3. The number of anilines is 2. The number of halogens is 1. The van der Waals surface area contributed by atoms with Gasteiger partial charge in [-0.1, -0.05) is 40.2 Å². The largest absolute Gasteiger partial charge is 0.321 e. The first-order chi connectivity index (χ1) is 11.1. The zero-order chi connectivity index (χ0) is 16.2. The molecule has 0 saturated heterocycles. The summed E-state index contributed by atoms with van der Waals surface area (Å²) in [5.41, 5.74) is 4.59. The second kappa shape index (κ2) is 6.66. The van der Waals surface area contributed by atoms with Crippen LogP contribution in [-0.2, 0) is 9.59 Å². The molecule has 0 fully saturated rings. The fraction of sp³-hybridized carbons (Fsp3) is 0.0588. The van der Waals surface area contributed by atoms with Gasteiger partial charge in [-0.2, -0.15) is 0 Å². The van der Waals surface area contributed by atoms with Crippen molar-refractivity contribution in [1.82, 2.24) is 5.43 Å². The Labute approximate surface area is 142 Å². The predicted molar refractivity (Wildman–Crippen MR) is 92.5 cm³/mol. The first kappa shape index (κ1) is 15.3. The number of nitrogens with one attached hydrogen (secondary N) is 2. The van der Waals surface area contributed by atoms with Crippen molar-refractivity contribution in [2.75, 3.05) is 10.3 Å². The van der Waals surface area contributed by atoms with Crippen LogP contribution in [0.3, 0.4) is 0 Å². The zero-order valence-corrected chi connectivity index (χ0v) is 13.7. The van der Waals surface area contributed by atoms with Crippen molar-refractivity contribution in [2.24, 2.45) is 0 Å². The lowest BCUT2D eigenvalue weighted by Crippen LogP contribution is -2.47. The van der Waals surface area contributed by atoms with Gasteiger partial charge in [-0.15, -0.1) is 0 Å². The molecule has 0 unspecified atom stereocenters. The maximum atomic E-state index is 12.4. The molecule has 2 aromatic rings. The van der Waals surface area contributed by atoms with Gasteiger partial charge in [0.15, 0.2) is 0 Å². The second-order valence-corrected chi connectivity index (χ2v) is 5.88. The first-order valence-electron chi connectivity index (χ1n) is 7.05. The van der Waals surface area contributed by atoms with Gasteiger partial charge in [0.2, 0.25) is 5.91 Å². The number of carbonyl (C=O) groups is 2. The highest BCUT2D eigenvalue weighted by Gasteiger charge is 2.23. The minimum Gasteiger partial charge on any atom is -0.321 e. The number of hydrazine groups is 1. The fourth-order valence-electron chi connectivity index (χ4n) is 2.20. The van der Waals surface area contributed by atoms with Crippen LogP contribution in [-0.4, -0.2) is 11.8 Å². The Morgan fingerprint density at radius 3 is 2.65 bits per heavy atom. The highest BCUT2D eigenvalue weighted by Crippen LogP contribution is 2.19. The third-order valence-corrected chi connectivity index (χ3v) is 3.80. The summed E-state index contributed by atoms with van der Waals surface area (Å²) in [5.74, 6) is -0.410. The van der Waals surface area contributed by atoms with Gasteiger partial charge < -0.3 is 5.32 Å². The summed E-state index contributed by atoms with van der Waals surface area (Å²) in [6, 6.07) is 16.5. The maximum absolute atomic E-state index is 12.4. The molecule has 116 valence electrons. The molecule has 5 nitrogen and oxygen atoms in total. The van der Waals surface area contributed by atoms with Gasteiger partial charge in [0.1, 0.15) is 5.70 Å². The van der Waals surface area contributed by atoms with E-state index in [1.165, 1.54) is 5.01 Å². The molecule has 2 aromatic carbocycles. The molecule has 6 heteroatoms. The maximum Gasteiger partial charge on any atom is 0.273 e. The highest BCUT2D eigenvalue weighted by molar-refractivity contribution is 9.10. The van der Waals surface area contributed by atoms with Crippen LogP contribution in [0.1, 0.15) is 6.42 Å². The Morgan fingerprint density at radius 1 is 1.13 bits per heavy atom. The van der Waals surface area contributed by atoms with E-state index in [2.05, 4.69) is 26.7 Å². The summed E-state index contributed by atoms with van der Waals surface area (Å²) in [4.78, 5) is 24.4. The lowest BCUT2D eigenvalue weighted by Gasteiger charge is -2.28.